The number of aliphatic hydroxyl groups is 1. The van der Waals surface area contributed by atoms with Crippen LogP contribution in [0.3, 0.4) is 0 Å². The normalized spacial score (nSPS) is 15.3. The number of benzene rings is 1. The predicted molar refractivity (Wildman–Crippen MR) is 70.0 cm³/mol. The molecule has 0 unspecified atom stereocenters. The van der Waals surface area contributed by atoms with E-state index in [1.165, 1.54) is 19.2 Å². The molecule has 0 amide bonds. The molecule has 1 aromatic carbocycles. The molecule has 0 spiro atoms. The Kier molecular flexibility index (Phi) is 4.71. The van der Waals surface area contributed by atoms with Crippen LogP contribution in [0.15, 0.2) is 18.2 Å². The first kappa shape index (κ1) is 14.9. The Morgan fingerprint density at radius 3 is 2.44 bits per heavy atom. The minimum absolute atomic E-state index is 0.0913. The van der Waals surface area contributed by atoms with Gasteiger partial charge in [-0.3, -0.25) is 0 Å². The van der Waals surface area contributed by atoms with Crippen LogP contribution in [-0.2, 0) is 0 Å². The van der Waals surface area contributed by atoms with Gasteiger partial charge in [-0.1, -0.05) is 26.8 Å². The summed E-state index contributed by atoms with van der Waals surface area (Å²) < 4.78 is 18.3. The van der Waals surface area contributed by atoms with Crippen LogP contribution in [0.4, 0.5) is 4.39 Å². The molecule has 1 aromatic rings. The van der Waals surface area contributed by atoms with Crippen molar-refractivity contribution in [1.82, 2.24) is 0 Å². The van der Waals surface area contributed by atoms with E-state index < -0.39 is 11.9 Å². The standard InChI is InChI=1S/C14H22FNO2/c1-14(2,3)13(16)8-11(17)9-5-6-12(18-4)10(15)7-9/h5-7,11,13,17H,8,16H2,1-4H3/t11-,13+/m0/s1. The lowest BCUT2D eigenvalue weighted by Gasteiger charge is -2.29. The van der Waals surface area contributed by atoms with Gasteiger partial charge in [0, 0.05) is 6.04 Å². The summed E-state index contributed by atoms with van der Waals surface area (Å²) >= 11 is 0. The number of nitrogens with two attached hydrogens (primary N) is 1. The second-order valence-corrected chi connectivity index (χ2v) is 5.62. The molecule has 3 nitrogen and oxygen atoms in total. The van der Waals surface area contributed by atoms with Crippen LogP contribution in [0.1, 0.15) is 38.9 Å². The van der Waals surface area contributed by atoms with E-state index in [9.17, 15) is 9.50 Å². The molecule has 2 atom stereocenters. The van der Waals surface area contributed by atoms with E-state index in [-0.39, 0.29) is 17.2 Å². The predicted octanol–water partition coefficient (Wildman–Crippen LogP) is 2.63. The molecule has 0 heterocycles. The Balaban J connectivity index is 2.79. The van der Waals surface area contributed by atoms with Crippen molar-refractivity contribution >= 4 is 0 Å². The van der Waals surface area contributed by atoms with Crippen LogP contribution < -0.4 is 10.5 Å². The average molecular weight is 255 g/mol. The fourth-order valence-electron chi connectivity index (χ4n) is 1.62. The Labute approximate surface area is 108 Å². The van der Waals surface area contributed by atoms with Crippen molar-refractivity contribution < 1.29 is 14.2 Å². The van der Waals surface area contributed by atoms with Crippen molar-refractivity contribution in [3.8, 4) is 5.75 Å². The zero-order chi connectivity index (χ0) is 13.9. The van der Waals surface area contributed by atoms with Crippen molar-refractivity contribution in [1.29, 1.82) is 0 Å². The van der Waals surface area contributed by atoms with Crippen molar-refractivity contribution in [3.63, 3.8) is 0 Å². The first-order chi connectivity index (χ1) is 8.25. The SMILES string of the molecule is COc1ccc([C@@H](O)C[C@@H](N)C(C)(C)C)cc1F. The first-order valence-electron chi connectivity index (χ1n) is 6.02. The van der Waals surface area contributed by atoms with Gasteiger partial charge in [0.25, 0.3) is 0 Å². The van der Waals surface area contributed by atoms with E-state index in [0.717, 1.165) is 0 Å². The van der Waals surface area contributed by atoms with Gasteiger partial charge in [-0.2, -0.15) is 0 Å². The molecule has 18 heavy (non-hydrogen) atoms. The second-order valence-electron chi connectivity index (χ2n) is 5.62. The largest absolute Gasteiger partial charge is 0.494 e. The third kappa shape index (κ3) is 3.68. The second kappa shape index (κ2) is 5.67. The molecule has 0 radical (unpaired) electrons. The van der Waals surface area contributed by atoms with E-state index in [2.05, 4.69) is 0 Å². The molecule has 0 aromatic heterocycles. The first-order valence-corrected chi connectivity index (χ1v) is 6.02. The van der Waals surface area contributed by atoms with Gasteiger partial charge in [-0.05, 0) is 29.5 Å². The van der Waals surface area contributed by atoms with Gasteiger partial charge in [0.05, 0.1) is 13.2 Å². The minimum atomic E-state index is -0.764. The van der Waals surface area contributed by atoms with Crippen LogP contribution in [0.25, 0.3) is 0 Å². The zero-order valence-electron chi connectivity index (χ0n) is 11.4. The molecule has 0 aliphatic carbocycles. The maximum atomic E-state index is 13.5. The van der Waals surface area contributed by atoms with E-state index in [1.807, 2.05) is 20.8 Å². The molecule has 0 bridgehead atoms. The van der Waals surface area contributed by atoms with Crippen molar-refractivity contribution in [2.24, 2.45) is 11.1 Å². The summed E-state index contributed by atoms with van der Waals surface area (Å²) in [7, 11) is 1.41. The van der Waals surface area contributed by atoms with E-state index in [0.29, 0.717) is 12.0 Å². The quantitative estimate of drug-likeness (QED) is 0.869. The van der Waals surface area contributed by atoms with Gasteiger partial charge >= 0.3 is 0 Å². The monoisotopic (exact) mass is 255 g/mol. The van der Waals surface area contributed by atoms with E-state index >= 15 is 0 Å². The number of rotatable bonds is 4. The smallest absolute Gasteiger partial charge is 0.165 e. The Hall–Kier alpha value is -1.13. The molecule has 0 aliphatic heterocycles. The Bertz CT molecular complexity index is 401. The molecule has 0 saturated heterocycles. The highest BCUT2D eigenvalue weighted by molar-refractivity contribution is 5.30. The maximum Gasteiger partial charge on any atom is 0.165 e. The van der Waals surface area contributed by atoms with E-state index in [1.54, 1.807) is 6.07 Å². The fourth-order valence-corrected chi connectivity index (χ4v) is 1.62. The summed E-state index contributed by atoms with van der Waals surface area (Å²) in [5.41, 5.74) is 6.43. The highest BCUT2D eigenvalue weighted by Gasteiger charge is 2.24. The van der Waals surface area contributed by atoms with Gasteiger partial charge in [0.15, 0.2) is 11.6 Å². The summed E-state index contributed by atoms with van der Waals surface area (Å²) in [6.07, 6.45) is -0.366. The fraction of sp³-hybridized carbons (Fsp3) is 0.571. The Morgan fingerprint density at radius 1 is 1.39 bits per heavy atom. The van der Waals surface area contributed by atoms with Crippen molar-refractivity contribution in [2.45, 2.75) is 39.3 Å². The van der Waals surface area contributed by atoms with Crippen LogP contribution in [0, 0.1) is 11.2 Å². The number of methoxy groups -OCH3 is 1. The lowest BCUT2D eigenvalue weighted by molar-refractivity contribution is 0.133. The third-order valence-corrected chi connectivity index (χ3v) is 3.15. The molecule has 102 valence electrons. The van der Waals surface area contributed by atoms with Crippen LogP contribution >= 0.6 is 0 Å². The van der Waals surface area contributed by atoms with Crippen LogP contribution in [-0.4, -0.2) is 18.3 Å². The number of aliphatic hydroxyl groups excluding tert-OH is 1. The molecule has 0 saturated carbocycles. The summed E-state index contributed by atoms with van der Waals surface area (Å²) in [4.78, 5) is 0. The van der Waals surface area contributed by atoms with Crippen molar-refractivity contribution in [2.75, 3.05) is 7.11 Å². The average Bonchev–Trinajstić information content (AvgIpc) is 2.27. The third-order valence-electron chi connectivity index (χ3n) is 3.15. The summed E-state index contributed by atoms with van der Waals surface area (Å²) in [5.74, 6) is -0.301. The minimum Gasteiger partial charge on any atom is -0.494 e. The molecular weight excluding hydrogens is 233 g/mol. The summed E-state index contributed by atoms with van der Waals surface area (Å²) in [5, 5.41) is 10.1. The van der Waals surface area contributed by atoms with Gasteiger partial charge in [-0.25, -0.2) is 4.39 Å². The molecular formula is C14H22FNO2. The highest BCUT2D eigenvalue weighted by atomic mass is 19.1. The Morgan fingerprint density at radius 2 is 2.00 bits per heavy atom. The van der Waals surface area contributed by atoms with E-state index in [4.69, 9.17) is 10.5 Å². The molecule has 4 heteroatoms. The number of halogens is 1. The van der Waals surface area contributed by atoms with Crippen LogP contribution in [0.5, 0.6) is 5.75 Å². The van der Waals surface area contributed by atoms with Gasteiger partial charge in [0.2, 0.25) is 0 Å². The van der Waals surface area contributed by atoms with Gasteiger partial charge in [0.1, 0.15) is 0 Å². The van der Waals surface area contributed by atoms with Gasteiger partial charge < -0.3 is 15.6 Å². The lowest BCUT2D eigenvalue weighted by Crippen LogP contribution is -2.36. The maximum absolute atomic E-state index is 13.5. The molecule has 0 aliphatic rings. The zero-order valence-corrected chi connectivity index (χ0v) is 11.4. The lowest BCUT2D eigenvalue weighted by atomic mass is 9.83. The van der Waals surface area contributed by atoms with Crippen molar-refractivity contribution in [3.05, 3.63) is 29.6 Å². The number of hydrogen-bond donors (Lipinski definition) is 2. The topological polar surface area (TPSA) is 55.5 Å². The van der Waals surface area contributed by atoms with Crippen LogP contribution in [0.2, 0.25) is 0 Å². The summed E-state index contributed by atoms with van der Waals surface area (Å²) in [6.45, 7) is 6.04. The van der Waals surface area contributed by atoms with Gasteiger partial charge in [-0.15, -0.1) is 0 Å². The summed E-state index contributed by atoms with van der Waals surface area (Å²) in [6, 6.07) is 4.30. The number of ether oxygens (including phenoxy) is 1. The molecule has 3 N–H and O–H groups in total. The molecule has 0 fully saturated rings. The highest BCUT2D eigenvalue weighted by Crippen LogP contribution is 2.28. The molecule has 1 rings (SSSR count). The number of hydrogen-bond acceptors (Lipinski definition) is 3.